The Kier molecular flexibility index (Phi) is 4.53. The van der Waals surface area contributed by atoms with Gasteiger partial charge in [0.15, 0.2) is 0 Å². The predicted octanol–water partition coefficient (Wildman–Crippen LogP) is 2.87. The van der Waals surface area contributed by atoms with Crippen LogP contribution in [0.15, 0.2) is 11.1 Å². The van der Waals surface area contributed by atoms with Gasteiger partial charge in [0.2, 0.25) is 5.91 Å². The van der Waals surface area contributed by atoms with Gasteiger partial charge in [-0.1, -0.05) is 0 Å². The molecule has 6 heteroatoms. The highest BCUT2D eigenvalue weighted by molar-refractivity contribution is 7.18. The minimum atomic E-state index is -0.0312. The lowest BCUT2D eigenvalue weighted by atomic mass is 10.0. The van der Waals surface area contributed by atoms with E-state index in [-0.39, 0.29) is 11.5 Å². The van der Waals surface area contributed by atoms with Crippen LogP contribution < -0.4 is 5.56 Å². The van der Waals surface area contributed by atoms with Gasteiger partial charge in [-0.3, -0.25) is 14.2 Å². The van der Waals surface area contributed by atoms with Crippen molar-refractivity contribution in [3.05, 3.63) is 27.1 Å². The van der Waals surface area contributed by atoms with E-state index in [1.165, 1.54) is 6.42 Å². The van der Waals surface area contributed by atoms with Crippen molar-refractivity contribution in [2.75, 3.05) is 6.54 Å². The first-order valence-electron chi connectivity index (χ1n) is 8.23. The van der Waals surface area contributed by atoms with Crippen LogP contribution in [0.2, 0.25) is 0 Å². The number of nitrogens with zero attached hydrogens (tertiary/aromatic N) is 3. The van der Waals surface area contributed by atoms with E-state index in [4.69, 9.17) is 0 Å². The molecule has 2 aromatic heterocycles. The number of piperidine rings is 1. The SMILES string of the molecule is Cc1sc2ncn(CCC(=O)N3CCCC[C@@H]3C)c(=O)c2c1C. The van der Waals surface area contributed by atoms with Crippen molar-refractivity contribution in [1.82, 2.24) is 14.5 Å². The van der Waals surface area contributed by atoms with E-state index in [9.17, 15) is 9.59 Å². The Hall–Kier alpha value is -1.69. The molecule has 3 rings (SSSR count). The van der Waals surface area contributed by atoms with Gasteiger partial charge in [-0.05, 0) is 45.6 Å². The van der Waals surface area contributed by atoms with E-state index in [1.54, 1.807) is 22.2 Å². The van der Waals surface area contributed by atoms with Crippen LogP contribution in [0.25, 0.3) is 10.2 Å². The second kappa shape index (κ2) is 6.43. The quantitative estimate of drug-likeness (QED) is 0.868. The van der Waals surface area contributed by atoms with Crippen LogP contribution >= 0.6 is 11.3 Å². The summed E-state index contributed by atoms with van der Waals surface area (Å²) in [4.78, 5) is 33.3. The number of hydrogen-bond acceptors (Lipinski definition) is 4. The number of carbonyl (C=O) groups is 1. The van der Waals surface area contributed by atoms with Crippen LogP contribution in [0, 0.1) is 13.8 Å². The fourth-order valence-corrected chi connectivity index (χ4v) is 4.25. The topological polar surface area (TPSA) is 55.2 Å². The zero-order valence-corrected chi connectivity index (χ0v) is 14.8. The lowest BCUT2D eigenvalue weighted by Crippen LogP contribution is -2.42. The predicted molar refractivity (Wildman–Crippen MR) is 93.0 cm³/mol. The first-order chi connectivity index (χ1) is 11.0. The van der Waals surface area contributed by atoms with Gasteiger partial charge in [-0.25, -0.2) is 4.98 Å². The Morgan fingerprint density at radius 2 is 2.17 bits per heavy atom. The van der Waals surface area contributed by atoms with Crippen molar-refractivity contribution in [2.45, 2.75) is 59.0 Å². The number of aromatic nitrogens is 2. The second-order valence-corrected chi connectivity index (χ2v) is 7.59. The van der Waals surface area contributed by atoms with Gasteiger partial charge in [-0.15, -0.1) is 11.3 Å². The number of hydrogen-bond donors (Lipinski definition) is 0. The molecule has 1 aliphatic rings. The lowest BCUT2D eigenvalue weighted by Gasteiger charge is -2.33. The summed E-state index contributed by atoms with van der Waals surface area (Å²) in [5.41, 5.74) is 0.976. The summed E-state index contributed by atoms with van der Waals surface area (Å²) >= 11 is 1.55. The number of amides is 1. The number of aryl methyl sites for hydroxylation is 3. The second-order valence-electron chi connectivity index (χ2n) is 6.39. The third-order valence-corrected chi connectivity index (χ3v) is 5.96. The smallest absolute Gasteiger partial charge is 0.262 e. The van der Waals surface area contributed by atoms with Crippen LogP contribution in [-0.2, 0) is 11.3 Å². The zero-order chi connectivity index (χ0) is 16.6. The van der Waals surface area contributed by atoms with E-state index in [0.717, 1.165) is 34.7 Å². The first kappa shape index (κ1) is 16.2. The third-order valence-electron chi connectivity index (χ3n) is 4.85. The molecule has 1 atom stereocenters. The number of carbonyl (C=O) groups excluding carboxylic acids is 1. The lowest BCUT2D eigenvalue weighted by molar-refractivity contribution is -0.134. The minimum Gasteiger partial charge on any atom is -0.340 e. The molecule has 1 saturated heterocycles. The number of rotatable bonds is 3. The van der Waals surface area contributed by atoms with Crippen molar-refractivity contribution in [3.63, 3.8) is 0 Å². The molecule has 0 saturated carbocycles. The fourth-order valence-electron chi connectivity index (χ4n) is 3.26. The summed E-state index contributed by atoms with van der Waals surface area (Å²) in [6, 6.07) is 0.315. The van der Waals surface area contributed by atoms with Gasteiger partial charge >= 0.3 is 0 Å². The van der Waals surface area contributed by atoms with Gasteiger partial charge in [0.05, 0.1) is 11.7 Å². The Morgan fingerprint density at radius 3 is 2.91 bits per heavy atom. The molecule has 1 fully saturated rings. The molecule has 0 radical (unpaired) electrons. The van der Waals surface area contributed by atoms with E-state index in [1.807, 2.05) is 18.7 Å². The summed E-state index contributed by atoms with van der Waals surface area (Å²) in [7, 11) is 0. The summed E-state index contributed by atoms with van der Waals surface area (Å²) in [5, 5.41) is 0.703. The van der Waals surface area contributed by atoms with Crippen molar-refractivity contribution < 1.29 is 4.79 Å². The third kappa shape index (κ3) is 3.04. The van der Waals surface area contributed by atoms with E-state index >= 15 is 0 Å². The van der Waals surface area contributed by atoms with Crippen molar-refractivity contribution in [1.29, 1.82) is 0 Å². The molecule has 0 N–H and O–H groups in total. The van der Waals surface area contributed by atoms with Gasteiger partial charge in [-0.2, -0.15) is 0 Å². The van der Waals surface area contributed by atoms with Gasteiger partial charge in [0, 0.05) is 30.4 Å². The molecule has 0 bridgehead atoms. The van der Waals surface area contributed by atoms with Crippen LogP contribution in [0.3, 0.4) is 0 Å². The summed E-state index contributed by atoms with van der Waals surface area (Å²) in [5.74, 6) is 0.141. The van der Waals surface area contributed by atoms with E-state index in [0.29, 0.717) is 24.4 Å². The van der Waals surface area contributed by atoms with Crippen LogP contribution in [0.1, 0.15) is 43.0 Å². The summed E-state index contributed by atoms with van der Waals surface area (Å²) in [6.07, 6.45) is 5.29. The number of likely N-dealkylation sites (tertiary alicyclic amines) is 1. The Morgan fingerprint density at radius 1 is 1.39 bits per heavy atom. The highest BCUT2D eigenvalue weighted by Gasteiger charge is 2.23. The van der Waals surface area contributed by atoms with Crippen molar-refractivity contribution in [2.24, 2.45) is 0 Å². The van der Waals surface area contributed by atoms with Crippen LogP contribution in [-0.4, -0.2) is 32.9 Å². The summed E-state index contributed by atoms with van der Waals surface area (Å²) < 4.78 is 1.58. The van der Waals surface area contributed by atoms with Gasteiger partial charge < -0.3 is 4.90 Å². The highest BCUT2D eigenvalue weighted by Crippen LogP contribution is 2.25. The monoisotopic (exact) mass is 333 g/mol. The van der Waals surface area contributed by atoms with E-state index < -0.39 is 0 Å². The van der Waals surface area contributed by atoms with Crippen molar-refractivity contribution in [3.8, 4) is 0 Å². The molecular formula is C17H23N3O2S. The zero-order valence-electron chi connectivity index (χ0n) is 14.0. The van der Waals surface area contributed by atoms with Crippen molar-refractivity contribution >= 4 is 27.5 Å². The minimum absolute atomic E-state index is 0.0312. The molecule has 5 nitrogen and oxygen atoms in total. The standard InChI is InChI=1S/C17H23N3O2S/c1-11-6-4-5-8-20(11)14(21)7-9-19-10-18-16-15(17(19)22)12(2)13(3)23-16/h10-11H,4-9H2,1-3H3/t11-/m0/s1. The average molecular weight is 333 g/mol. The molecule has 0 spiro atoms. The van der Waals surface area contributed by atoms with Gasteiger partial charge in [0.25, 0.3) is 5.56 Å². The summed E-state index contributed by atoms with van der Waals surface area (Å²) in [6.45, 7) is 7.32. The molecule has 0 aliphatic carbocycles. The fraction of sp³-hybridized carbons (Fsp3) is 0.588. The normalized spacial score (nSPS) is 18.6. The maximum Gasteiger partial charge on any atom is 0.262 e. The molecular weight excluding hydrogens is 310 g/mol. The molecule has 1 aliphatic heterocycles. The molecule has 23 heavy (non-hydrogen) atoms. The maximum atomic E-state index is 12.6. The number of thiophene rings is 1. The maximum absolute atomic E-state index is 12.6. The Labute approximate surface area is 139 Å². The molecule has 124 valence electrons. The first-order valence-corrected chi connectivity index (χ1v) is 9.05. The largest absolute Gasteiger partial charge is 0.340 e. The highest BCUT2D eigenvalue weighted by atomic mass is 32.1. The Bertz CT molecular complexity index is 793. The van der Waals surface area contributed by atoms with E-state index in [2.05, 4.69) is 11.9 Å². The van der Waals surface area contributed by atoms with Gasteiger partial charge in [0.1, 0.15) is 4.83 Å². The molecule has 2 aromatic rings. The van der Waals surface area contributed by atoms with Crippen LogP contribution in [0.4, 0.5) is 0 Å². The van der Waals surface area contributed by atoms with Crippen LogP contribution in [0.5, 0.6) is 0 Å². The molecule has 1 amide bonds. The molecule has 3 heterocycles. The molecule has 0 aromatic carbocycles. The average Bonchev–Trinajstić information content (AvgIpc) is 2.82. The Balaban J connectivity index is 1.77. The molecule has 0 unspecified atom stereocenters. The number of fused-ring (bicyclic) bond motifs is 1.